The van der Waals surface area contributed by atoms with Crippen LogP contribution in [0.4, 0.5) is 5.95 Å². The molecule has 1 fully saturated rings. The summed E-state index contributed by atoms with van der Waals surface area (Å²) in [5.41, 5.74) is 1.07. The monoisotopic (exact) mass is 252 g/mol. The Morgan fingerprint density at radius 3 is 3.06 bits per heavy atom. The van der Waals surface area contributed by atoms with E-state index in [-0.39, 0.29) is 0 Å². The lowest BCUT2D eigenvalue weighted by molar-refractivity contribution is 0.162. The van der Waals surface area contributed by atoms with E-state index in [1.54, 1.807) is 7.11 Å². The molecule has 1 aromatic heterocycles. The molecule has 1 aliphatic heterocycles. The summed E-state index contributed by atoms with van der Waals surface area (Å²) >= 11 is 0. The molecule has 1 saturated heterocycles. The van der Waals surface area contributed by atoms with Crippen LogP contribution in [0.1, 0.15) is 25.6 Å². The molecular formula is C13H24N4O. The minimum absolute atomic E-state index is 0.316. The van der Waals surface area contributed by atoms with Crippen LogP contribution in [0.3, 0.4) is 0 Å². The average Bonchev–Trinajstić information content (AvgIpc) is 2.72. The maximum absolute atomic E-state index is 5.25. The van der Waals surface area contributed by atoms with Crippen molar-refractivity contribution in [3.63, 3.8) is 0 Å². The Kier molecular flexibility index (Phi) is 4.24. The number of rotatable bonds is 4. The third-order valence-electron chi connectivity index (χ3n) is 3.37. The summed E-state index contributed by atoms with van der Waals surface area (Å²) in [5, 5.41) is 3.46. The van der Waals surface area contributed by atoms with Gasteiger partial charge in [-0.25, -0.2) is 4.98 Å². The van der Waals surface area contributed by atoms with E-state index in [0.29, 0.717) is 18.7 Å². The third-order valence-corrected chi connectivity index (χ3v) is 3.37. The van der Waals surface area contributed by atoms with Crippen LogP contribution >= 0.6 is 0 Å². The van der Waals surface area contributed by atoms with E-state index in [2.05, 4.69) is 39.8 Å². The number of hydrogen-bond acceptors (Lipinski definition) is 4. The quantitative estimate of drug-likeness (QED) is 0.874. The maximum Gasteiger partial charge on any atom is 0.206 e. The minimum Gasteiger partial charge on any atom is -0.383 e. The van der Waals surface area contributed by atoms with E-state index in [1.807, 2.05) is 6.92 Å². The van der Waals surface area contributed by atoms with Gasteiger partial charge in [-0.2, -0.15) is 0 Å². The van der Waals surface area contributed by atoms with Crippen LogP contribution in [-0.4, -0.2) is 48.9 Å². The highest BCUT2D eigenvalue weighted by molar-refractivity contribution is 5.35. The Morgan fingerprint density at radius 2 is 2.39 bits per heavy atom. The van der Waals surface area contributed by atoms with E-state index >= 15 is 0 Å². The van der Waals surface area contributed by atoms with Crippen LogP contribution in [-0.2, 0) is 4.74 Å². The van der Waals surface area contributed by atoms with Crippen molar-refractivity contribution in [1.29, 1.82) is 0 Å². The SMILES string of the molecule is COCC(C)n1cc(C)nc1N1CCNC(C)C1. The highest BCUT2D eigenvalue weighted by Gasteiger charge is 2.22. The molecule has 2 unspecified atom stereocenters. The highest BCUT2D eigenvalue weighted by atomic mass is 16.5. The third kappa shape index (κ3) is 2.84. The fourth-order valence-corrected chi connectivity index (χ4v) is 2.50. The van der Waals surface area contributed by atoms with Gasteiger partial charge in [0, 0.05) is 39.0 Å². The molecule has 0 amide bonds. The van der Waals surface area contributed by atoms with Gasteiger partial charge >= 0.3 is 0 Å². The second-order valence-corrected chi connectivity index (χ2v) is 5.20. The van der Waals surface area contributed by atoms with Crippen molar-refractivity contribution in [2.45, 2.75) is 32.9 Å². The van der Waals surface area contributed by atoms with Crippen LogP contribution < -0.4 is 10.2 Å². The summed E-state index contributed by atoms with van der Waals surface area (Å²) in [6.45, 7) is 10.2. The molecule has 1 aliphatic rings. The van der Waals surface area contributed by atoms with Gasteiger partial charge in [0.05, 0.1) is 18.3 Å². The fourth-order valence-electron chi connectivity index (χ4n) is 2.50. The number of ether oxygens (including phenoxy) is 1. The van der Waals surface area contributed by atoms with E-state index in [4.69, 9.17) is 4.74 Å². The predicted octanol–water partition coefficient (Wildman–Crippen LogP) is 1.20. The average molecular weight is 252 g/mol. The normalized spacial score (nSPS) is 22.2. The molecule has 5 heteroatoms. The summed E-state index contributed by atoms with van der Waals surface area (Å²) in [4.78, 5) is 7.04. The Hall–Kier alpha value is -1.07. The first kappa shape index (κ1) is 13.4. The summed E-state index contributed by atoms with van der Waals surface area (Å²) in [7, 11) is 1.74. The first-order valence-electron chi connectivity index (χ1n) is 6.64. The molecule has 2 heterocycles. The summed E-state index contributed by atoms with van der Waals surface area (Å²) in [5.74, 6) is 1.07. The number of nitrogens with one attached hydrogen (secondary N) is 1. The summed E-state index contributed by atoms with van der Waals surface area (Å²) in [6, 6.07) is 0.832. The smallest absolute Gasteiger partial charge is 0.206 e. The molecular weight excluding hydrogens is 228 g/mol. The lowest BCUT2D eigenvalue weighted by atomic mass is 10.2. The molecule has 0 aromatic carbocycles. The second-order valence-electron chi connectivity index (χ2n) is 5.20. The number of aromatic nitrogens is 2. The zero-order chi connectivity index (χ0) is 13.1. The molecule has 18 heavy (non-hydrogen) atoms. The molecule has 1 N–H and O–H groups in total. The molecule has 0 radical (unpaired) electrons. The van der Waals surface area contributed by atoms with Gasteiger partial charge in [-0.1, -0.05) is 0 Å². The lowest BCUT2D eigenvalue weighted by Gasteiger charge is -2.33. The standard InChI is InChI=1S/C13H24N4O/c1-10-7-16(6-5-14-10)13-15-11(2)8-17(13)12(3)9-18-4/h8,10,12,14H,5-7,9H2,1-4H3. The van der Waals surface area contributed by atoms with Crippen LogP contribution in [0.15, 0.2) is 6.20 Å². The Labute approximate surface area is 109 Å². The zero-order valence-electron chi connectivity index (χ0n) is 11.8. The second kappa shape index (κ2) is 5.71. The van der Waals surface area contributed by atoms with Crippen molar-refractivity contribution >= 4 is 5.95 Å². The van der Waals surface area contributed by atoms with Gasteiger partial charge in [0.15, 0.2) is 0 Å². The van der Waals surface area contributed by atoms with Crippen molar-refractivity contribution in [2.75, 3.05) is 38.3 Å². The Balaban J connectivity index is 2.20. The van der Waals surface area contributed by atoms with Crippen LogP contribution in [0.25, 0.3) is 0 Å². The first-order valence-corrected chi connectivity index (χ1v) is 6.64. The van der Waals surface area contributed by atoms with Crippen molar-refractivity contribution in [3.05, 3.63) is 11.9 Å². The summed E-state index contributed by atoms with van der Waals surface area (Å²) in [6.07, 6.45) is 2.12. The minimum atomic E-state index is 0.316. The van der Waals surface area contributed by atoms with E-state index < -0.39 is 0 Å². The number of hydrogen-bond donors (Lipinski definition) is 1. The van der Waals surface area contributed by atoms with Gasteiger partial charge in [0.25, 0.3) is 0 Å². The van der Waals surface area contributed by atoms with Gasteiger partial charge < -0.3 is 19.5 Å². The number of imidazole rings is 1. The van der Waals surface area contributed by atoms with Gasteiger partial charge in [0.1, 0.15) is 0 Å². The van der Waals surface area contributed by atoms with E-state index in [0.717, 1.165) is 31.3 Å². The number of nitrogens with zero attached hydrogens (tertiary/aromatic N) is 3. The van der Waals surface area contributed by atoms with Gasteiger partial charge in [-0.05, 0) is 20.8 Å². The van der Waals surface area contributed by atoms with E-state index in [9.17, 15) is 0 Å². The molecule has 5 nitrogen and oxygen atoms in total. The largest absolute Gasteiger partial charge is 0.383 e. The molecule has 102 valence electrons. The van der Waals surface area contributed by atoms with Crippen molar-refractivity contribution in [2.24, 2.45) is 0 Å². The molecule has 0 aliphatic carbocycles. The maximum atomic E-state index is 5.25. The van der Waals surface area contributed by atoms with Gasteiger partial charge in [-0.3, -0.25) is 0 Å². The van der Waals surface area contributed by atoms with Crippen molar-refractivity contribution in [3.8, 4) is 0 Å². The first-order chi connectivity index (χ1) is 8.61. The number of aryl methyl sites for hydroxylation is 1. The van der Waals surface area contributed by atoms with Crippen LogP contribution in [0.2, 0.25) is 0 Å². The molecule has 2 atom stereocenters. The number of anilines is 1. The molecule has 0 saturated carbocycles. The molecule has 1 aromatic rings. The van der Waals surface area contributed by atoms with Gasteiger partial charge in [-0.15, -0.1) is 0 Å². The molecule has 0 spiro atoms. The predicted molar refractivity (Wildman–Crippen MR) is 73.2 cm³/mol. The Morgan fingerprint density at radius 1 is 1.61 bits per heavy atom. The number of piperazine rings is 1. The van der Waals surface area contributed by atoms with Crippen LogP contribution in [0.5, 0.6) is 0 Å². The molecule has 2 rings (SSSR count). The van der Waals surface area contributed by atoms with Crippen molar-refractivity contribution in [1.82, 2.24) is 14.9 Å². The van der Waals surface area contributed by atoms with Gasteiger partial charge in [0.2, 0.25) is 5.95 Å². The topological polar surface area (TPSA) is 42.3 Å². The Bertz CT molecular complexity index is 390. The molecule has 0 bridgehead atoms. The van der Waals surface area contributed by atoms with Crippen molar-refractivity contribution < 1.29 is 4.74 Å². The zero-order valence-corrected chi connectivity index (χ0v) is 11.8. The number of methoxy groups -OCH3 is 1. The fraction of sp³-hybridized carbons (Fsp3) is 0.769. The lowest BCUT2D eigenvalue weighted by Crippen LogP contribution is -2.50. The summed E-state index contributed by atoms with van der Waals surface area (Å²) < 4.78 is 7.48. The highest BCUT2D eigenvalue weighted by Crippen LogP contribution is 2.21. The van der Waals surface area contributed by atoms with E-state index in [1.165, 1.54) is 0 Å². The van der Waals surface area contributed by atoms with Crippen LogP contribution in [0, 0.1) is 6.92 Å².